The summed E-state index contributed by atoms with van der Waals surface area (Å²) in [7, 11) is -2.47. The smallest absolute Gasteiger partial charge is 0.244 e. The monoisotopic (exact) mass is 557 g/mol. The van der Waals surface area contributed by atoms with Crippen LogP contribution < -0.4 is 14.4 Å². The van der Waals surface area contributed by atoms with Crippen LogP contribution in [0.2, 0.25) is 10.0 Å². The normalized spacial score (nSPS) is 12.1. The Kier molecular flexibility index (Phi) is 11.3. The number of carbonyl (C=O) groups excluding carboxylic acids is 2. The van der Waals surface area contributed by atoms with Crippen LogP contribution in [0.4, 0.5) is 5.69 Å². The quantitative estimate of drug-likeness (QED) is 0.366. The van der Waals surface area contributed by atoms with Crippen LogP contribution in [0.25, 0.3) is 0 Å². The van der Waals surface area contributed by atoms with Crippen molar-refractivity contribution >= 4 is 50.7 Å². The second kappa shape index (κ2) is 13.7. The summed E-state index contributed by atoms with van der Waals surface area (Å²) in [6.45, 7) is 3.65. The number of nitrogens with one attached hydrogen (secondary N) is 1. The number of unbranched alkanes of at least 4 members (excludes halogenated alkanes) is 1. The molecule has 8 nitrogen and oxygen atoms in total. The molecule has 0 spiro atoms. The zero-order valence-electron chi connectivity index (χ0n) is 21.0. The molecule has 2 amide bonds. The number of benzene rings is 2. The van der Waals surface area contributed by atoms with Gasteiger partial charge < -0.3 is 15.0 Å². The van der Waals surface area contributed by atoms with Gasteiger partial charge in [-0.1, -0.05) is 61.7 Å². The molecule has 36 heavy (non-hydrogen) atoms. The van der Waals surface area contributed by atoms with Crippen LogP contribution in [0.3, 0.4) is 0 Å². The first-order valence-electron chi connectivity index (χ1n) is 11.7. The molecule has 2 rings (SSSR count). The minimum absolute atomic E-state index is 0.0689. The number of hydrogen-bond donors (Lipinski definition) is 1. The van der Waals surface area contributed by atoms with Crippen LogP contribution in [-0.4, -0.2) is 57.6 Å². The molecule has 0 aromatic heterocycles. The van der Waals surface area contributed by atoms with Crippen LogP contribution in [0, 0.1) is 0 Å². The zero-order chi connectivity index (χ0) is 26.9. The summed E-state index contributed by atoms with van der Waals surface area (Å²) in [6, 6.07) is 10.6. The number of methoxy groups -OCH3 is 1. The number of anilines is 1. The van der Waals surface area contributed by atoms with E-state index in [4.69, 9.17) is 27.9 Å². The van der Waals surface area contributed by atoms with E-state index < -0.39 is 28.5 Å². The summed E-state index contributed by atoms with van der Waals surface area (Å²) >= 11 is 12.8. The molecule has 0 aliphatic heterocycles. The summed E-state index contributed by atoms with van der Waals surface area (Å²) in [4.78, 5) is 28.2. The van der Waals surface area contributed by atoms with Crippen molar-refractivity contribution in [3.63, 3.8) is 0 Å². The highest BCUT2D eigenvalue weighted by atomic mass is 35.5. The fraction of sp³-hybridized carbons (Fsp3) is 0.440. The molecule has 0 bridgehead atoms. The molecule has 0 saturated carbocycles. The summed E-state index contributed by atoms with van der Waals surface area (Å²) in [5, 5.41) is 3.55. The highest BCUT2D eigenvalue weighted by molar-refractivity contribution is 7.92. The van der Waals surface area contributed by atoms with Gasteiger partial charge in [-0.25, -0.2) is 8.42 Å². The number of halogens is 2. The lowest BCUT2D eigenvalue weighted by Gasteiger charge is -2.33. The molecule has 0 saturated heterocycles. The van der Waals surface area contributed by atoms with E-state index in [0.717, 1.165) is 23.4 Å². The van der Waals surface area contributed by atoms with E-state index in [0.29, 0.717) is 34.3 Å². The highest BCUT2D eigenvalue weighted by Gasteiger charge is 2.33. The Morgan fingerprint density at radius 3 is 2.25 bits per heavy atom. The maximum absolute atomic E-state index is 13.7. The van der Waals surface area contributed by atoms with E-state index in [2.05, 4.69) is 5.32 Å². The summed E-state index contributed by atoms with van der Waals surface area (Å²) in [6.07, 6.45) is 3.01. The third kappa shape index (κ3) is 7.75. The van der Waals surface area contributed by atoms with E-state index >= 15 is 0 Å². The fourth-order valence-electron chi connectivity index (χ4n) is 3.71. The molecule has 0 aliphatic rings. The maximum atomic E-state index is 13.7. The van der Waals surface area contributed by atoms with Crippen molar-refractivity contribution in [1.29, 1.82) is 0 Å². The topological polar surface area (TPSA) is 96.0 Å². The third-order valence-corrected chi connectivity index (χ3v) is 7.47. The van der Waals surface area contributed by atoms with Gasteiger partial charge in [-0.2, -0.15) is 0 Å². The molecule has 0 fully saturated rings. The first-order valence-corrected chi connectivity index (χ1v) is 14.3. The van der Waals surface area contributed by atoms with Crippen LogP contribution in [0.15, 0.2) is 42.5 Å². The van der Waals surface area contributed by atoms with E-state index in [9.17, 15) is 18.0 Å². The molecular weight excluding hydrogens is 525 g/mol. The van der Waals surface area contributed by atoms with Gasteiger partial charge in [-0.15, -0.1) is 0 Å². The molecule has 198 valence electrons. The fourth-order valence-corrected chi connectivity index (χ4v) is 5.08. The van der Waals surface area contributed by atoms with E-state index in [-0.39, 0.29) is 18.1 Å². The van der Waals surface area contributed by atoms with Crippen LogP contribution in [0.5, 0.6) is 5.75 Å². The molecule has 2 aromatic rings. The number of hydrogen-bond acceptors (Lipinski definition) is 5. The predicted octanol–water partition coefficient (Wildman–Crippen LogP) is 4.49. The van der Waals surface area contributed by atoms with Crippen molar-refractivity contribution in [1.82, 2.24) is 10.2 Å². The third-order valence-electron chi connectivity index (χ3n) is 5.64. The standard InChI is InChI=1S/C25H33Cl2N3O5S/c1-5-7-15-28-25(32)21(6-2)29(16-18-19(26)11-10-12-20(18)27)24(31)17-30(36(4,33)34)22-13-8-9-14-23(22)35-3/h8-14,21H,5-7,15-17H2,1-4H3,(H,28,32). The minimum atomic E-state index is -3.89. The van der Waals surface area contributed by atoms with Crippen molar-refractivity contribution in [2.24, 2.45) is 0 Å². The van der Waals surface area contributed by atoms with Gasteiger partial charge in [0, 0.05) is 28.7 Å². The molecule has 1 unspecified atom stereocenters. The maximum Gasteiger partial charge on any atom is 0.244 e. The summed E-state index contributed by atoms with van der Waals surface area (Å²) in [5.74, 6) is -0.619. The second-order valence-corrected chi connectivity index (χ2v) is 11.0. The van der Waals surface area contributed by atoms with Crippen molar-refractivity contribution in [3.05, 3.63) is 58.1 Å². The number of nitrogens with zero attached hydrogens (tertiary/aromatic N) is 2. The van der Waals surface area contributed by atoms with Crippen LogP contribution in [0.1, 0.15) is 38.7 Å². The Morgan fingerprint density at radius 2 is 1.69 bits per heavy atom. The second-order valence-electron chi connectivity index (χ2n) is 8.23. The van der Waals surface area contributed by atoms with Crippen molar-refractivity contribution in [2.75, 3.05) is 30.8 Å². The first-order chi connectivity index (χ1) is 17.0. The molecule has 11 heteroatoms. The minimum Gasteiger partial charge on any atom is -0.495 e. The predicted molar refractivity (Wildman–Crippen MR) is 144 cm³/mol. The molecule has 0 aliphatic carbocycles. The van der Waals surface area contributed by atoms with Crippen molar-refractivity contribution < 1.29 is 22.7 Å². The molecule has 1 N–H and O–H groups in total. The van der Waals surface area contributed by atoms with Crippen molar-refractivity contribution in [2.45, 2.75) is 45.7 Å². The van der Waals surface area contributed by atoms with Gasteiger partial charge in [0.15, 0.2) is 0 Å². The highest BCUT2D eigenvalue weighted by Crippen LogP contribution is 2.31. The first kappa shape index (κ1) is 29.7. The number of carbonyl (C=O) groups is 2. The van der Waals surface area contributed by atoms with Gasteiger partial charge in [0.1, 0.15) is 18.3 Å². The van der Waals surface area contributed by atoms with Crippen LogP contribution >= 0.6 is 23.2 Å². The van der Waals surface area contributed by atoms with E-state index in [1.54, 1.807) is 49.4 Å². The zero-order valence-corrected chi connectivity index (χ0v) is 23.3. The van der Waals surface area contributed by atoms with Gasteiger partial charge in [0.05, 0.1) is 19.1 Å². The number of ether oxygens (including phenoxy) is 1. The van der Waals surface area contributed by atoms with Gasteiger partial charge in [0.2, 0.25) is 21.8 Å². The number of sulfonamides is 1. The lowest BCUT2D eigenvalue weighted by atomic mass is 10.1. The lowest BCUT2D eigenvalue weighted by molar-refractivity contribution is -0.140. The Labute approximate surface area is 223 Å². The summed E-state index contributed by atoms with van der Waals surface area (Å²) in [5.41, 5.74) is 0.684. The number of para-hydroxylation sites is 2. The van der Waals surface area contributed by atoms with Gasteiger partial charge in [-0.3, -0.25) is 13.9 Å². The molecule has 2 aromatic carbocycles. The SMILES string of the molecule is CCCCNC(=O)C(CC)N(Cc1c(Cl)cccc1Cl)C(=O)CN(c1ccccc1OC)S(C)(=O)=O. The summed E-state index contributed by atoms with van der Waals surface area (Å²) < 4.78 is 31.8. The molecule has 0 radical (unpaired) electrons. The van der Waals surface area contributed by atoms with Gasteiger partial charge >= 0.3 is 0 Å². The van der Waals surface area contributed by atoms with E-state index in [1.165, 1.54) is 12.0 Å². The Hall–Kier alpha value is -2.49. The van der Waals surface area contributed by atoms with Crippen molar-refractivity contribution in [3.8, 4) is 5.75 Å². The average molecular weight is 559 g/mol. The number of rotatable bonds is 13. The largest absolute Gasteiger partial charge is 0.495 e. The van der Waals surface area contributed by atoms with Gasteiger partial charge in [-0.05, 0) is 37.1 Å². The molecular formula is C25H33Cl2N3O5S. The Bertz CT molecular complexity index is 1140. The molecule has 1 atom stereocenters. The average Bonchev–Trinajstić information content (AvgIpc) is 2.83. The lowest BCUT2D eigenvalue weighted by Crippen LogP contribution is -2.52. The van der Waals surface area contributed by atoms with Crippen LogP contribution in [-0.2, 0) is 26.2 Å². The number of amides is 2. The Balaban J connectivity index is 2.50. The van der Waals surface area contributed by atoms with E-state index in [1.807, 2.05) is 6.92 Å². The van der Waals surface area contributed by atoms with Gasteiger partial charge in [0.25, 0.3) is 0 Å². The molecule has 0 heterocycles. The Morgan fingerprint density at radius 1 is 1.06 bits per heavy atom.